The minimum Gasteiger partial charge on any atom is -0.457 e. The van der Waals surface area contributed by atoms with Gasteiger partial charge in [0.1, 0.15) is 25.3 Å². The van der Waals surface area contributed by atoms with Crippen LogP contribution >= 0.6 is 0 Å². The van der Waals surface area contributed by atoms with Gasteiger partial charge in [0.2, 0.25) is 0 Å². The molecular weight excluding hydrogens is 404 g/mol. The Balaban J connectivity index is 2.65. The van der Waals surface area contributed by atoms with Crippen LogP contribution in [0.2, 0.25) is 0 Å². The number of hydrogen-bond acceptors (Lipinski definition) is 4. The number of quaternary nitrogens is 2. The Morgan fingerprint density at radius 2 is 1.50 bits per heavy atom. The van der Waals surface area contributed by atoms with Gasteiger partial charge in [-0.05, 0) is 51.3 Å². The number of rotatable bonds is 14. The molecule has 0 spiro atoms. The highest BCUT2D eigenvalue weighted by molar-refractivity contribution is 5.89. The van der Waals surface area contributed by atoms with Gasteiger partial charge >= 0.3 is 11.9 Å². The zero-order valence-electron chi connectivity index (χ0n) is 21.6. The number of hydrogen-bond donors (Lipinski definition) is 0. The van der Waals surface area contributed by atoms with E-state index in [-0.39, 0.29) is 24.1 Å². The second-order valence-corrected chi connectivity index (χ2v) is 10.2. The van der Waals surface area contributed by atoms with E-state index in [4.69, 9.17) is 9.47 Å². The molecule has 3 unspecified atom stereocenters. The van der Waals surface area contributed by atoms with Gasteiger partial charge in [-0.15, -0.1) is 0 Å². The molecule has 1 aromatic carbocycles. The maximum Gasteiger partial charge on any atom is 0.338 e. The number of aryl methyl sites for hydroxylation is 1. The summed E-state index contributed by atoms with van der Waals surface area (Å²) in [6, 6.07) is 7.80. The second kappa shape index (κ2) is 12.9. The Bertz CT molecular complexity index is 712. The van der Waals surface area contributed by atoms with Gasteiger partial charge in [0.25, 0.3) is 0 Å². The first-order chi connectivity index (χ1) is 14.9. The van der Waals surface area contributed by atoms with Gasteiger partial charge in [0.05, 0.1) is 46.3 Å². The fraction of sp³-hybridized carbons (Fsp3) is 0.692. The number of carbonyl (C=O) groups is 2. The van der Waals surface area contributed by atoms with E-state index in [0.29, 0.717) is 5.56 Å². The molecule has 0 heterocycles. The highest BCUT2D eigenvalue weighted by Gasteiger charge is 2.28. The van der Waals surface area contributed by atoms with Crippen LogP contribution < -0.4 is 0 Å². The highest BCUT2D eigenvalue weighted by atomic mass is 16.5. The lowest BCUT2D eigenvalue weighted by Gasteiger charge is -2.39. The molecule has 0 aliphatic rings. The molecule has 1 rings (SSSR count). The van der Waals surface area contributed by atoms with E-state index in [1.54, 1.807) is 0 Å². The van der Waals surface area contributed by atoms with Gasteiger partial charge in [-0.1, -0.05) is 19.1 Å². The SMILES string of the molecule is CCC[N+](CC)(CCCc1ccc(C(=O)OC(C)C[N+](C)(C)C)cc1)CC(C)OC(C)=O. The molecule has 0 fully saturated rings. The van der Waals surface area contributed by atoms with E-state index in [1.165, 1.54) is 12.5 Å². The molecule has 6 nitrogen and oxygen atoms in total. The molecule has 32 heavy (non-hydrogen) atoms. The van der Waals surface area contributed by atoms with Crippen molar-refractivity contribution in [2.24, 2.45) is 0 Å². The van der Waals surface area contributed by atoms with Crippen molar-refractivity contribution in [1.82, 2.24) is 0 Å². The maximum atomic E-state index is 12.4. The van der Waals surface area contributed by atoms with E-state index in [0.717, 1.165) is 61.0 Å². The van der Waals surface area contributed by atoms with Crippen LogP contribution in [0.4, 0.5) is 0 Å². The minimum atomic E-state index is -0.262. The molecule has 0 saturated heterocycles. The third kappa shape index (κ3) is 10.6. The molecule has 0 aliphatic carbocycles. The van der Waals surface area contributed by atoms with Crippen LogP contribution in [0.15, 0.2) is 24.3 Å². The lowest BCUT2D eigenvalue weighted by atomic mass is 10.1. The van der Waals surface area contributed by atoms with E-state index < -0.39 is 0 Å². The number of esters is 2. The first-order valence-corrected chi connectivity index (χ1v) is 12.0. The summed E-state index contributed by atoms with van der Waals surface area (Å²) in [5.41, 5.74) is 1.82. The lowest BCUT2D eigenvalue weighted by Crippen LogP contribution is -2.53. The Labute approximate surface area is 195 Å². The third-order valence-electron chi connectivity index (χ3n) is 5.78. The van der Waals surface area contributed by atoms with Gasteiger partial charge < -0.3 is 18.4 Å². The van der Waals surface area contributed by atoms with Crippen molar-refractivity contribution in [3.8, 4) is 0 Å². The Kier molecular flexibility index (Phi) is 11.4. The van der Waals surface area contributed by atoms with E-state index in [9.17, 15) is 9.59 Å². The number of nitrogens with zero attached hydrogens (tertiary/aromatic N) is 2. The zero-order valence-corrected chi connectivity index (χ0v) is 21.6. The van der Waals surface area contributed by atoms with Gasteiger partial charge in [0.15, 0.2) is 0 Å². The monoisotopic (exact) mass is 450 g/mol. The van der Waals surface area contributed by atoms with Gasteiger partial charge in [-0.3, -0.25) is 4.79 Å². The zero-order chi connectivity index (χ0) is 24.4. The summed E-state index contributed by atoms with van der Waals surface area (Å²) in [7, 11) is 6.26. The van der Waals surface area contributed by atoms with Gasteiger partial charge in [-0.25, -0.2) is 4.79 Å². The smallest absolute Gasteiger partial charge is 0.338 e. The number of likely N-dealkylation sites (N-methyl/N-ethyl adjacent to an activating group) is 2. The standard InChI is InChI=1S/C26H46N2O4/c1-9-17-28(10-2,20-22(4)31-23(5)29)18-11-12-24-13-15-25(16-14-24)26(30)32-21(3)19-27(6,7)8/h13-16,21-22H,9-12,17-20H2,1-8H3/q+2. The quantitative estimate of drug-likeness (QED) is 0.317. The van der Waals surface area contributed by atoms with E-state index >= 15 is 0 Å². The van der Waals surface area contributed by atoms with Crippen molar-refractivity contribution < 1.29 is 28.0 Å². The topological polar surface area (TPSA) is 52.6 Å². The second-order valence-electron chi connectivity index (χ2n) is 10.2. The van der Waals surface area contributed by atoms with Gasteiger partial charge in [-0.2, -0.15) is 0 Å². The predicted molar refractivity (Wildman–Crippen MR) is 129 cm³/mol. The molecule has 0 aliphatic heterocycles. The average molecular weight is 451 g/mol. The van der Waals surface area contributed by atoms with E-state index in [1.807, 2.05) is 38.1 Å². The molecule has 0 aromatic heterocycles. The first kappa shape index (κ1) is 28.1. The largest absolute Gasteiger partial charge is 0.457 e. The lowest BCUT2D eigenvalue weighted by molar-refractivity contribution is -0.929. The van der Waals surface area contributed by atoms with Crippen molar-refractivity contribution in [1.29, 1.82) is 0 Å². The van der Waals surface area contributed by atoms with Crippen LogP contribution in [-0.4, -0.2) is 87.0 Å². The molecule has 0 radical (unpaired) electrons. The Morgan fingerprint density at radius 3 is 2.00 bits per heavy atom. The van der Waals surface area contributed by atoms with Crippen molar-refractivity contribution >= 4 is 11.9 Å². The molecule has 182 valence electrons. The van der Waals surface area contributed by atoms with Crippen LogP contribution in [-0.2, 0) is 20.7 Å². The van der Waals surface area contributed by atoms with Crippen LogP contribution in [0.3, 0.4) is 0 Å². The van der Waals surface area contributed by atoms with Crippen LogP contribution in [0.1, 0.15) is 63.4 Å². The summed E-state index contributed by atoms with van der Waals surface area (Å²) in [4.78, 5) is 23.7. The molecule has 6 heteroatoms. The average Bonchev–Trinajstić information content (AvgIpc) is 2.66. The summed E-state index contributed by atoms with van der Waals surface area (Å²) in [6.45, 7) is 14.6. The summed E-state index contributed by atoms with van der Waals surface area (Å²) in [5.74, 6) is -0.477. The Morgan fingerprint density at radius 1 is 0.906 bits per heavy atom. The van der Waals surface area contributed by atoms with Crippen molar-refractivity contribution in [2.45, 2.75) is 66.1 Å². The van der Waals surface area contributed by atoms with Crippen molar-refractivity contribution in [3.63, 3.8) is 0 Å². The van der Waals surface area contributed by atoms with Crippen LogP contribution in [0.5, 0.6) is 0 Å². The van der Waals surface area contributed by atoms with Gasteiger partial charge in [0, 0.05) is 13.3 Å². The molecule has 1 aromatic rings. The van der Waals surface area contributed by atoms with Crippen LogP contribution in [0, 0.1) is 0 Å². The molecule has 3 atom stereocenters. The fourth-order valence-corrected chi connectivity index (χ4v) is 4.57. The number of carbonyl (C=O) groups excluding carboxylic acids is 2. The highest BCUT2D eigenvalue weighted by Crippen LogP contribution is 2.16. The summed E-state index contributed by atoms with van der Waals surface area (Å²) in [6.07, 6.45) is 2.90. The normalized spacial score (nSPS) is 15.5. The summed E-state index contributed by atoms with van der Waals surface area (Å²) >= 11 is 0. The maximum absolute atomic E-state index is 12.4. The first-order valence-electron chi connectivity index (χ1n) is 12.0. The van der Waals surface area contributed by atoms with Crippen molar-refractivity contribution in [2.75, 3.05) is 53.9 Å². The summed E-state index contributed by atoms with van der Waals surface area (Å²) in [5, 5.41) is 0. The molecule has 0 bridgehead atoms. The number of benzene rings is 1. The van der Waals surface area contributed by atoms with E-state index in [2.05, 4.69) is 35.0 Å². The minimum absolute atomic E-state index is 0.0798. The third-order valence-corrected chi connectivity index (χ3v) is 5.78. The predicted octanol–water partition coefficient (Wildman–Crippen LogP) is 4.07. The molecule has 0 N–H and O–H groups in total. The molecule has 0 saturated carbocycles. The fourth-order valence-electron chi connectivity index (χ4n) is 4.57. The van der Waals surface area contributed by atoms with Crippen LogP contribution in [0.25, 0.3) is 0 Å². The molecule has 0 amide bonds. The summed E-state index contributed by atoms with van der Waals surface area (Å²) < 4.78 is 12.7. The number of ether oxygens (including phenoxy) is 2. The van der Waals surface area contributed by atoms with Crippen molar-refractivity contribution in [3.05, 3.63) is 35.4 Å². The molecular formula is C26H46N2O4+2. The Hall–Kier alpha value is -1.92.